The van der Waals surface area contributed by atoms with Crippen LogP contribution in [0.3, 0.4) is 0 Å². The summed E-state index contributed by atoms with van der Waals surface area (Å²) in [5, 5.41) is 5.45. The van der Waals surface area contributed by atoms with E-state index in [1.165, 1.54) is 6.92 Å². The Hall–Kier alpha value is -2.42. The number of halogens is 4. The highest BCUT2D eigenvalue weighted by Crippen LogP contribution is 2.35. The Morgan fingerprint density at radius 1 is 1.32 bits per heavy atom. The first-order valence-corrected chi connectivity index (χ1v) is 7.63. The minimum atomic E-state index is -4.68. The van der Waals surface area contributed by atoms with Gasteiger partial charge in [0, 0.05) is 11.8 Å². The molecule has 1 amide bonds. The molecule has 1 aromatic carbocycles. The van der Waals surface area contributed by atoms with Crippen LogP contribution in [-0.4, -0.2) is 28.9 Å². The average molecular weight is 376 g/mol. The molecule has 3 rings (SSSR count). The first-order valence-electron chi connectivity index (χ1n) is 7.25. The summed E-state index contributed by atoms with van der Waals surface area (Å²) in [6, 6.07) is 4.83. The number of aromatic nitrogens is 2. The molecule has 25 heavy (non-hydrogen) atoms. The van der Waals surface area contributed by atoms with E-state index in [9.17, 15) is 18.0 Å². The largest absolute Gasteiger partial charge is 0.486 e. The van der Waals surface area contributed by atoms with Crippen molar-refractivity contribution in [2.24, 2.45) is 0 Å². The van der Waals surface area contributed by atoms with Gasteiger partial charge < -0.3 is 14.8 Å². The van der Waals surface area contributed by atoms with Crippen LogP contribution >= 0.6 is 11.6 Å². The molecule has 134 valence electrons. The zero-order valence-electron chi connectivity index (χ0n) is 13.0. The van der Waals surface area contributed by atoms with Crippen LogP contribution < -0.4 is 14.8 Å². The lowest BCUT2D eigenvalue weighted by Gasteiger charge is -2.19. The number of rotatable bonds is 3. The van der Waals surface area contributed by atoms with Crippen LogP contribution in [0.15, 0.2) is 18.2 Å². The molecule has 1 aromatic heterocycles. The molecule has 6 nitrogen and oxygen atoms in total. The van der Waals surface area contributed by atoms with Gasteiger partial charge in [-0.25, -0.2) is 0 Å². The Bertz CT molecular complexity index is 820. The third kappa shape index (κ3) is 3.65. The standard InChI is InChI=1S/C15H13ClF3N3O3/c1-8-13(16)14(15(17,18)19)21-22(8)7-12(23)20-9-2-3-10-11(6-9)25-5-4-24-10/h2-3,6H,4-5,7H2,1H3,(H,20,23). The average Bonchev–Trinajstić information content (AvgIpc) is 2.83. The molecule has 0 atom stereocenters. The predicted molar refractivity (Wildman–Crippen MR) is 83.0 cm³/mol. The van der Waals surface area contributed by atoms with E-state index in [0.717, 1.165) is 4.68 Å². The van der Waals surface area contributed by atoms with E-state index in [1.54, 1.807) is 18.2 Å². The number of amides is 1. The van der Waals surface area contributed by atoms with Crippen molar-refractivity contribution < 1.29 is 27.4 Å². The lowest BCUT2D eigenvalue weighted by atomic mass is 10.2. The van der Waals surface area contributed by atoms with Crippen molar-refractivity contribution in [2.75, 3.05) is 18.5 Å². The maximum atomic E-state index is 12.8. The van der Waals surface area contributed by atoms with Gasteiger partial charge in [0.25, 0.3) is 0 Å². The van der Waals surface area contributed by atoms with E-state index in [1.807, 2.05) is 0 Å². The van der Waals surface area contributed by atoms with Crippen molar-refractivity contribution in [1.29, 1.82) is 0 Å². The van der Waals surface area contributed by atoms with Crippen molar-refractivity contribution in [3.05, 3.63) is 34.6 Å². The molecule has 0 radical (unpaired) electrons. The van der Waals surface area contributed by atoms with Crippen molar-refractivity contribution in [3.8, 4) is 11.5 Å². The molecule has 0 bridgehead atoms. The summed E-state index contributed by atoms with van der Waals surface area (Å²) in [6.45, 7) is 1.80. The number of benzene rings is 1. The van der Waals surface area contributed by atoms with Gasteiger partial charge in [0.05, 0.1) is 10.7 Å². The van der Waals surface area contributed by atoms with Crippen LogP contribution in [0, 0.1) is 6.92 Å². The van der Waals surface area contributed by atoms with Crippen LogP contribution in [0.25, 0.3) is 0 Å². The van der Waals surface area contributed by atoms with E-state index in [0.29, 0.717) is 30.4 Å². The fourth-order valence-corrected chi connectivity index (χ4v) is 2.56. The van der Waals surface area contributed by atoms with E-state index < -0.39 is 29.3 Å². The number of fused-ring (bicyclic) bond motifs is 1. The summed E-state index contributed by atoms with van der Waals surface area (Å²) >= 11 is 5.66. The number of alkyl halides is 3. The molecule has 10 heteroatoms. The number of anilines is 1. The Morgan fingerprint density at radius 3 is 2.64 bits per heavy atom. The zero-order valence-corrected chi connectivity index (χ0v) is 13.7. The molecule has 1 aliphatic heterocycles. The molecule has 0 spiro atoms. The number of nitrogens with zero attached hydrogens (tertiary/aromatic N) is 2. The Balaban J connectivity index is 1.73. The highest BCUT2D eigenvalue weighted by Gasteiger charge is 2.38. The minimum Gasteiger partial charge on any atom is -0.486 e. The van der Waals surface area contributed by atoms with Gasteiger partial charge in [-0.15, -0.1) is 0 Å². The summed E-state index contributed by atoms with van der Waals surface area (Å²) in [7, 11) is 0. The van der Waals surface area contributed by atoms with E-state index in [-0.39, 0.29) is 5.69 Å². The third-order valence-electron chi connectivity index (χ3n) is 3.52. The lowest BCUT2D eigenvalue weighted by Crippen LogP contribution is -2.21. The molecule has 0 saturated carbocycles. The smallest absolute Gasteiger partial charge is 0.436 e. The number of hydrogen-bond donors (Lipinski definition) is 1. The lowest BCUT2D eigenvalue weighted by molar-refractivity contribution is -0.141. The molecular formula is C15H13ClF3N3O3. The molecule has 1 aliphatic rings. The van der Waals surface area contributed by atoms with Crippen molar-refractivity contribution in [3.63, 3.8) is 0 Å². The fourth-order valence-electron chi connectivity index (χ4n) is 2.32. The summed E-state index contributed by atoms with van der Waals surface area (Å²) in [5.74, 6) is 0.503. The second kappa shape index (κ2) is 6.47. The van der Waals surface area contributed by atoms with Crippen molar-refractivity contribution in [1.82, 2.24) is 9.78 Å². The molecule has 0 unspecified atom stereocenters. The van der Waals surface area contributed by atoms with Crippen LogP contribution in [0.5, 0.6) is 11.5 Å². The van der Waals surface area contributed by atoms with Gasteiger partial charge in [0.1, 0.15) is 19.8 Å². The van der Waals surface area contributed by atoms with Gasteiger partial charge in [-0.2, -0.15) is 18.3 Å². The number of carbonyl (C=O) groups is 1. The maximum Gasteiger partial charge on any atom is 0.436 e. The topological polar surface area (TPSA) is 65.4 Å². The van der Waals surface area contributed by atoms with Crippen molar-refractivity contribution in [2.45, 2.75) is 19.6 Å². The summed E-state index contributed by atoms with van der Waals surface area (Å²) in [4.78, 5) is 12.1. The Morgan fingerprint density at radius 2 is 2.00 bits per heavy atom. The first kappa shape index (κ1) is 17.4. The zero-order chi connectivity index (χ0) is 18.2. The van der Waals surface area contributed by atoms with E-state index >= 15 is 0 Å². The monoisotopic (exact) mass is 375 g/mol. The SMILES string of the molecule is Cc1c(Cl)c(C(F)(F)F)nn1CC(=O)Nc1ccc2c(c1)OCCO2. The Kier molecular flexibility index (Phi) is 4.51. The molecule has 0 aliphatic carbocycles. The normalized spacial score (nSPS) is 13.6. The number of hydrogen-bond acceptors (Lipinski definition) is 4. The van der Waals surface area contributed by atoms with Gasteiger partial charge in [-0.3, -0.25) is 9.48 Å². The molecule has 2 heterocycles. The van der Waals surface area contributed by atoms with Crippen molar-refractivity contribution >= 4 is 23.2 Å². The molecule has 1 N–H and O–H groups in total. The molecular weight excluding hydrogens is 363 g/mol. The molecule has 0 saturated heterocycles. The summed E-state index contributed by atoms with van der Waals surface area (Å²) < 4.78 is 50.1. The van der Waals surface area contributed by atoms with Crippen LogP contribution in [0.1, 0.15) is 11.4 Å². The van der Waals surface area contributed by atoms with Crippen LogP contribution in [0.4, 0.5) is 18.9 Å². The predicted octanol–water partition coefficient (Wildman–Crippen LogP) is 3.27. The second-order valence-corrected chi connectivity index (χ2v) is 5.69. The minimum absolute atomic E-state index is 0.0614. The highest BCUT2D eigenvalue weighted by molar-refractivity contribution is 6.32. The van der Waals surface area contributed by atoms with Crippen LogP contribution in [-0.2, 0) is 17.5 Å². The maximum absolute atomic E-state index is 12.8. The number of carbonyl (C=O) groups excluding carboxylic acids is 1. The van der Waals surface area contributed by atoms with E-state index in [4.69, 9.17) is 21.1 Å². The number of ether oxygens (including phenoxy) is 2. The van der Waals surface area contributed by atoms with Gasteiger partial charge in [-0.05, 0) is 19.1 Å². The third-order valence-corrected chi connectivity index (χ3v) is 3.97. The number of nitrogens with one attached hydrogen (secondary N) is 1. The fraction of sp³-hybridized carbons (Fsp3) is 0.333. The van der Waals surface area contributed by atoms with Crippen LogP contribution in [0.2, 0.25) is 5.02 Å². The van der Waals surface area contributed by atoms with Gasteiger partial charge in [-0.1, -0.05) is 11.6 Å². The summed E-state index contributed by atoms with van der Waals surface area (Å²) in [6.07, 6.45) is -4.68. The first-order chi connectivity index (χ1) is 11.8. The Labute approximate surface area is 145 Å². The second-order valence-electron chi connectivity index (χ2n) is 5.31. The van der Waals surface area contributed by atoms with Gasteiger partial charge >= 0.3 is 6.18 Å². The molecule has 0 fully saturated rings. The van der Waals surface area contributed by atoms with Gasteiger partial charge in [0.2, 0.25) is 5.91 Å². The van der Waals surface area contributed by atoms with E-state index in [2.05, 4.69) is 10.4 Å². The quantitative estimate of drug-likeness (QED) is 0.894. The molecule has 2 aromatic rings. The summed E-state index contributed by atoms with van der Waals surface area (Å²) in [5.41, 5.74) is -0.716. The van der Waals surface area contributed by atoms with Gasteiger partial charge in [0.15, 0.2) is 17.2 Å². The highest BCUT2D eigenvalue weighted by atomic mass is 35.5.